The fraction of sp³-hybridized carbons (Fsp3) is 0.600. The molecule has 34 heavy (non-hydrogen) atoms. The van der Waals surface area contributed by atoms with Crippen LogP contribution in [-0.2, 0) is 20.7 Å². The highest BCUT2D eigenvalue weighted by atomic mass is 16.6. The number of fused-ring (bicyclic) bond motifs is 1. The predicted octanol–water partition coefficient (Wildman–Crippen LogP) is 3.01. The Morgan fingerprint density at radius 3 is 2.41 bits per heavy atom. The van der Waals surface area contributed by atoms with Gasteiger partial charge in [0.25, 0.3) is 11.8 Å². The third kappa shape index (κ3) is 6.79. The third-order valence-corrected chi connectivity index (χ3v) is 5.50. The molecular formula is C25H37N3O6. The normalized spacial score (nSPS) is 14.1. The average Bonchev–Trinajstić information content (AvgIpc) is 3.03. The number of nitrogens with zero attached hydrogens (tertiary/aromatic N) is 2. The van der Waals surface area contributed by atoms with Crippen molar-refractivity contribution in [1.82, 2.24) is 15.1 Å². The van der Waals surface area contributed by atoms with Crippen LogP contribution in [0.5, 0.6) is 0 Å². The molecule has 1 aliphatic rings. The van der Waals surface area contributed by atoms with Crippen molar-refractivity contribution < 1.29 is 28.7 Å². The van der Waals surface area contributed by atoms with Crippen molar-refractivity contribution in [3.05, 3.63) is 34.9 Å². The summed E-state index contributed by atoms with van der Waals surface area (Å²) in [5.74, 6) is -1.20. The summed E-state index contributed by atoms with van der Waals surface area (Å²) in [6, 6.07) is 4.40. The number of likely N-dealkylation sites (N-methyl/N-ethyl adjacent to an activating group) is 1. The maximum Gasteiger partial charge on any atom is 0.410 e. The van der Waals surface area contributed by atoms with Crippen molar-refractivity contribution in [1.29, 1.82) is 0 Å². The summed E-state index contributed by atoms with van der Waals surface area (Å²) in [4.78, 5) is 52.7. The molecule has 1 aromatic carbocycles. The first kappa shape index (κ1) is 27.3. The minimum atomic E-state index is -0.826. The average molecular weight is 476 g/mol. The zero-order valence-corrected chi connectivity index (χ0v) is 21.1. The standard InChI is InChI=1S/C25H37N3O6/c1-7-19(21(29)26-5)28-22(30)18-13-8-11-17(20(18)23(28)31)12-9-15-33-16-10-14-27(6)24(32)34-25(2,3)4/h8,11,13,19H,7,9-10,12,14-16H2,1-6H3,(H,26,29). The van der Waals surface area contributed by atoms with Gasteiger partial charge in [0.15, 0.2) is 0 Å². The van der Waals surface area contributed by atoms with E-state index in [0.29, 0.717) is 56.6 Å². The Balaban J connectivity index is 1.84. The zero-order chi connectivity index (χ0) is 25.5. The molecule has 0 saturated carbocycles. The molecule has 1 aliphatic heterocycles. The van der Waals surface area contributed by atoms with Crippen molar-refractivity contribution in [2.24, 2.45) is 0 Å². The van der Waals surface area contributed by atoms with Gasteiger partial charge in [-0.15, -0.1) is 0 Å². The van der Waals surface area contributed by atoms with E-state index in [2.05, 4.69) is 5.32 Å². The van der Waals surface area contributed by atoms with Crippen LogP contribution in [0, 0.1) is 0 Å². The van der Waals surface area contributed by atoms with Gasteiger partial charge < -0.3 is 19.7 Å². The van der Waals surface area contributed by atoms with Crippen LogP contribution >= 0.6 is 0 Å². The van der Waals surface area contributed by atoms with E-state index in [0.717, 1.165) is 10.5 Å². The number of nitrogens with one attached hydrogen (secondary N) is 1. The Hall–Kier alpha value is -2.94. The van der Waals surface area contributed by atoms with Crippen molar-refractivity contribution >= 4 is 23.8 Å². The molecule has 4 amide bonds. The van der Waals surface area contributed by atoms with Gasteiger partial charge in [-0.25, -0.2) is 4.79 Å². The monoisotopic (exact) mass is 475 g/mol. The summed E-state index contributed by atoms with van der Waals surface area (Å²) in [5.41, 5.74) is 0.977. The van der Waals surface area contributed by atoms with Gasteiger partial charge in [-0.1, -0.05) is 19.1 Å². The van der Waals surface area contributed by atoms with Gasteiger partial charge in [-0.2, -0.15) is 0 Å². The number of ether oxygens (including phenoxy) is 2. The van der Waals surface area contributed by atoms with E-state index in [4.69, 9.17) is 9.47 Å². The molecule has 0 aromatic heterocycles. The molecule has 1 N–H and O–H groups in total. The molecular weight excluding hydrogens is 438 g/mol. The molecule has 2 rings (SSSR count). The van der Waals surface area contributed by atoms with E-state index >= 15 is 0 Å². The maximum atomic E-state index is 13.1. The van der Waals surface area contributed by atoms with Gasteiger partial charge in [0.2, 0.25) is 5.91 Å². The van der Waals surface area contributed by atoms with Gasteiger partial charge in [-0.05, 0) is 58.1 Å². The van der Waals surface area contributed by atoms with Crippen LogP contribution in [0.4, 0.5) is 4.79 Å². The first-order valence-corrected chi connectivity index (χ1v) is 11.7. The van der Waals surface area contributed by atoms with E-state index in [1.54, 1.807) is 26.1 Å². The van der Waals surface area contributed by atoms with Crippen molar-refractivity contribution in [2.45, 2.75) is 65.0 Å². The second-order valence-electron chi connectivity index (χ2n) is 9.33. The Bertz CT molecular complexity index is 908. The van der Waals surface area contributed by atoms with E-state index in [9.17, 15) is 19.2 Å². The first-order chi connectivity index (χ1) is 16.0. The number of carbonyl (C=O) groups excluding carboxylic acids is 4. The highest BCUT2D eigenvalue weighted by Crippen LogP contribution is 2.29. The molecule has 1 atom stereocenters. The van der Waals surface area contributed by atoms with Gasteiger partial charge >= 0.3 is 6.09 Å². The number of hydrogen-bond acceptors (Lipinski definition) is 6. The van der Waals surface area contributed by atoms with E-state index < -0.39 is 23.5 Å². The van der Waals surface area contributed by atoms with Gasteiger partial charge in [0.05, 0.1) is 11.1 Å². The molecule has 9 nitrogen and oxygen atoms in total. The number of hydrogen-bond donors (Lipinski definition) is 1. The fourth-order valence-corrected chi connectivity index (χ4v) is 3.82. The Kier molecular flexibility index (Phi) is 9.61. The molecule has 0 saturated heterocycles. The number of aryl methyl sites for hydroxylation is 1. The van der Waals surface area contributed by atoms with Crippen LogP contribution < -0.4 is 5.32 Å². The summed E-state index contributed by atoms with van der Waals surface area (Å²) in [5, 5.41) is 2.53. The van der Waals surface area contributed by atoms with Crippen LogP contribution in [0.15, 0.2) is 18.2 Å². The van der Waals surface area contributed by atoms with Crippen molar-refractivity contribution in [3.8, 4) is 0 Å². The highest BCUT2D eigenvalue weighted by Gasteiger charge is 2.42. The first-order valence-electron chi connectivity index (χ1n) is 11.7. The molecule has 0 radical (unpaired) electrons. The SMILES string of the molecule is CCC(C(=O)NC)N1C(=O)c2cccc(CCCOCCCN(C)C(=O)OC(C)(C)C)c2C1=O. The lowest BCUT2D eigenvalue weighted by Gasteiger charge is -2.24. The lowest BCUT2D eigenvalue weighted by atomic mass is 9.99. The van der Waals surface area contributed by atoms with Crippen LogP contribution in [0.2, 0.25) is 0 Å². The molecule has 1 aromatic rings. The van der Waals surface area contributed by atoms with E-state index in [1.807, 2.05) is 26.8 Å². The van der Waals surface area contributed by atoms with E-state index in [-0.39, 0.29) is 12.0 Å². The minimum absolute atomic E-state index is 0.343. The van der Waals surface area contributed by atoms with Gasteiger partial charge in [0.1, 0.15) is 11.6 Å². The van der Waals surface area contributed by atoms with Crippen molar-refractivity contribution in [3.63, 3.8) is 0 Å². The summed E-state index contributed by atoms with van der Waals surface area (Å²) in [6.07, 6.45) is 1.91. The smallest absolute Gasteiger partial charge is 0.410 e. The fourth-order valence-electron chi connectivity index (χ4n) is 3.82. The number of carbonyl (C=O) groups is 4. The highest BCUT2D eigenvalue weighted by molar-refractivity contribution is 6.23. The molecule has 188 valence electrons. The molecule has 0 fully saturated rings. The van der Waals surface area contributed by atoms with Crippen molar-refractivity contribution in [2.75, 3.05) is 33.9 Å². The van der Waals surface area contributed by atoms with E-state index in [1.165, 1.54) is 11.9 Å². The van der Waals surface area contributed by atoms with Crippen LogP contribution in [-0.4, -0.2) is 79.1 Å². The lowest BCUT2D eigenvalue weighted by molar-refractivity contribution is -0.124. The maximum absolute atomic E-state index is 13.1. The molecule has 0 bridgehead atoms. The summed E-state index contributed by atoms with van der Waals surface area (Å²) >= 11 is 0. The second-order valence-corrected chi connectivity index (χ2v) is 9.33. The number of benzene rings is 1. The summed E-state index contributed by atoms with van der Waals surface area (Å²) in [7, 11) is 3.18. The minimum Gasteiger partial charge on any atom is -0.444 e. The number of amides is 4. The Morgan fingerprint density at radius 1 is 1.12 bits per heavy atom. The quantitative estimate of drug-likeness (QED) is 0.390. The van der Waals surface area contributed by atoms with Gasteiger partial charge in [0, 0.05) is 33.9 Å². The molecule has 1 heterocycles. The number of rotatable bonds is 11. The van der Waals surface area contributed by atoms with Gasteiger partial charge in [-0.3, -0.25) is 19.3 Å². The molecule has 0 spiro atoms. The van der Waals surface area contributed by atoms with Crippen LogP contribution in [0.1, 0.15) is 73.2 Å². The zero-order valence-electron chi connectivity index (χ0n) is 21.1. The third-order valence-electron chi connectivity index (χ3n) is 5.50. The Morgan fingerprint density at radius 2 is 1.79 bits per heavy atom. The Labute approximate surface area is 201 Å². The number of imide groups is 1. The topological polar surface area (TPSA) is 105 Å². The summed E-state index contributed by atoms with van der Waals surface area (Å²) < 4.78 is 11.0. The lowest BCUT2D eigenvalue weighted by Crippen LogP contribution is -2.48. The molecule has 0 aliphatic carbocycles. The summed E-state index contributed by atoms with van der Waals surface area (Å²) in [6.45, 7) is 8.76. The molecule has 1 unspecified atom stereocenters. The molecule has 9 heteroatoms. The van der Waals surface area contributed by atoms with Crippen LogP contribution in [0.3, 0.4) is 0 Å². The second kappa shape index (κ2) is 12.0. The predicted molar refractivity (Wildman–Crippen MR) is 128 cm³/mol. The largest absolute Gasteiger partial charge is 0.444 e. The van der Waals surface area contributed by atoms with Crippen LogP contribution in [0.25, 0.3) is 0 Å².